The van der Waals surface area contributed by atoms with Gasteiger partial charge in [0.1, 0.15) is 6.04 Å². The molecule has 0 spiro atoms. The van der Waals surface area contributed by atoms with Crippen LogP contribution in [0.25, 0.3) is 0 Å². The van der Waals surface area contributed by atoms with Gasteiger partial charge in [-0.05, 0) is 43.2 Å². The van der Waals surface area contributed by atoms with E-state index in [0.717, 1.165) is 0 Å². The maximum atomic E-state index is 14.0. The average Bonchev–Trinajstić information content (AvgIpc) is 3.07. The minimum atomic E-state index is -0.710. The van der Waals surface area contributed by atoms with E-state index in [-0.39, 0.29) is 16.6 Å². The number of likely N-dealkylation sites (tertiary alicyclic amines) is 1. The van der Waals surface area contributed by atoms with Crippen molar-refractivity contribution in [3.63, 3.8) is 0 Å². The van der Waals surface area contributed by atoms with Crippen LogP contribution in [0.2, 0.25) is 15.1 Å². The van der Waals surface area contributed by atoms with Gasteiger partial charge in [-0.15, -0.1) is 0 Å². The van der Waals surface area contributed by atoms with Gasteiger partial charge in [-0.25, -0.2) is 4.39 Å². The fourth-order valence-electron chi connectivity index (χ4n) is 2.94. The van der Waals surface area contributed by atoms with Crippen molar-refractivity contribution in [2.45, 2.75) is 18.9 Å². The minimum Gasteiger partial charge on any atom is -0.327 e. The smallest absolute Gasteiger partial charge is 0.254 e. The Kier molecular flexibility index (Phi) is 5.70. The van der Waals surface area contributed by atoms with E-state index in [2.05, 4.69) is 5.32 Å². The Morgan fingerprint density at radius 2 is 1.81 bits per heavy atom. The standard InChI is InChI=1S/C18H14Cl3FN2O2/c19-11-7-10(8-12(20)9-11)18(26)24-6-2-5-15(24)17(25)23-14-4-1-3-13(21)16(14)22/h1,3-4,7-9,15H,2,5-6H2,(H,23,25). The number of halogens is 4. The van der Waals surface area contributed by atoms with Gasteiger partial charge >= 0.3 is 0 Å². The van der Waals surface area contributed by atoms with Gasteiger partial charge in [0.15, 0.2) is 5.82 Å². The van der Waals surface area contributed by atoms with Crippen molar-refractivity contribution in [2.24, 2.45) is 0 Å². The van der Waals surface area contributed by atoms with Crippen LogP contribution in [-0.4, -0.2) is 29.3 Å². The predicted molar refractivity (Wildman–Crippen MR) is 101 cm³/mol. The molecular formula is C18H14Cl3FN2O2. The molecular weight excluding hydrogens is 402 g/mol. The molecule has 4 nitrogen and oxygen atoms in total. The number of carbonyl (C=O) groups excluding carboxylic acids is 2. The number of nitrogens with one attached hydrogen (secondary N) is 1. The maximum Gasteiger partial charge on any atom is 0.254 e. The molecule has 136 valence electrons. The van der Waals surface area contributed by atoms with Crippen LogP contribution < -0.4 is 5.32 Å². The van der Waals surface area contributed by atoms with E-state index in [1.807, 2.05) is 0 Å². The first-order valence-electron chi connectivity index (χ1n) is 7.89. The molecule has 1 unspecified atom stereocenters. The summed E-state index contributed by atoms with van der Waals surface area (Å²) >= 11 is 17.6. The van der Waals surface area contributed by atoms with E-state index < -0.39 is 17.8 Å². The van der Waals surface area contributed by atoms with Gasteiger partial charge in [0.2, 0.25) is 5.91 Å². The SMILES string of the molecule is O=C(Nc1cccc(Cl)c1F)C1CCCN1C(=O)c1cc(Cl)cc(Cl)c1. The molecule has 2 aromatic carbocycles. The molecule has 1 fully saturated rings. The lowest BCUT2D eigenvalue weighted by molar-refractivity contribution is -0.119. The lowest BCUT2D eigenvalue weighted by Gasteiger charge is -2.24. The zero-order valence-electron chi connectivity index (χ0n) is 13.4. The molecule has 2 amide bonds. The van der Waals surface area contributed by atoms with Gasteiger partial charge in [0.05, 0.1) is 10.7 Å². The van der Waals surface area contributed by atoms with Crippen LogP contribution in [-0.2, 0) is 4.79 Å². The summed E-state index contributed by atoms with van der Waals surface area (Å²) in [5.41, 5.74) is 0.281. The van der Waals surface area contributed by atoms with E-state index in [1.54, 1.807) is 0 Å². The third-order valence-electron chi connectivity index (χ3n) is 4.14. The van der Waals surface area contributed by atoms with Crippen LogP contribution in [0.4, 0.5) is 10.1 Å². The van der Waals surface area contributed by atoms with Crippen molar-refractivity contribution in [2.75, 3.05) is 11.9 Å². The molecule has 8 heteroatoms. The highest BCUT2D eigenvalue weighted by molar-refractivity contribution is 6.35. The number of nitrogens with zero attached hydrogens (tertiary/aromatic N) is 1. The highest BCUT2D eigenvalue weighted by Gasteiger charge is 2.35. The van der Waals surface area contributed by atoms with Gasteiger partial charge in [0.25, 0.3) is 5.91 Å². The fourth-order valence-corrected chi connectivity index (χ4v) is 3.64. The predicted octanol–water partition coefficient (Wildman–Crippen LogP) is 5.03. The average molecular weight is 416 g/mol. The Morgan fingerprint density at radius 3 is 2.50 bits per heavy atom. The van der Waals surface area contributed by atoms with Gasteiger partial charge < -0.3 is 10.2 Å². The molecule has 0 bridgehead atoms. The zero-order valence-corrected chi connectivity index (χ0v) is 15.7. The first kappa shape index (κ1) is 19.0. The number of hydrogen-bond donors (Lipinski definition) is 1. The summed E-state index contributed by atoms with van der Waals surface area (Å²) in [6.07, 6.45) is 1.14. The topological polar surface area (TPSA) is 49.4 Å². The zero-order chi connectivity index (χ0) is 18.8. The van der Waals surface area contributed by atoms with E-state index in [1.165, 1.54) is 41.3 Å². The summed E-state index contributed by atoms with van der Waals surface area (Å²) in [5.74, 6) is -1.52. The molecule has 1 heterocycles. The quantitative estimate of drug-likeness (QED) is 0.764. The minimum absolute atomic E-state index is 0.0207. The van der Waals surface area contributed by atoms with Crippen LogP contribution in [0.15, 0.2) is 36.4 Å². The van der Waals surface area contributed by atoms with E-state index >= 15 is 0 Å². The molecule has 3 rings (SSSR count). The Morgan fingerprint density at radius 1 is 1.12 bits per heavy atom. The van der Waals surface area contributed by atoms with E-state index in [9.17, 15) is 14.0 Å². The third-order valence-corrected chi connectivity index (χ3v) is 4.86. The highest BCUT2D eigenvalue weighted by Crippen LogP contribution is 2.27. The number of amides is 2. The summed E-state index contributed by atoms with van der Waals surface area (Å²) < 4.78 is 14.0. The van der Waals surface area contributed by atoms with Crippen LogP contribution >= 0.6 is 34.8 Å². The van der Waals surface area contributed by atoms with E-state index in [4.69, 9.17) is 34.8 Å². The summed E-state index contributed by atoms with van der Waals surface area (Å²) in [4.78, 5) is 26.8. The van der Waals surface area contributed by atoms with Crippen molar-refractivity contribution in [1.82, 2.24) is 4.90 Å². The van der Waals surface area contributed by atoms with Crippen molar-refractivity contribution in [3.8, 4) is 0 Å². The Bertz CT molecular complexity index is 855. The van der Waals surface area contributed by atoms with Crippen LogP contribution in [0.3, 0.4) is 0 Å². The van der Waals surface area contributed by atoms with Crippen molar-refractivity contribution >= 4 is 52.3 Å². The van der Waals surface area contributed by atoms with Gasteiger partial charge in [-0.2, -0.15) is 0 Å². The number of hydrogen-bond acceptors (Lipinski definition) is 2. The van der Waals surface area contributed by atoms with Crippen LogP contribution in [0.1, 0.15) is 23.2 Å². The van der Waals surface area contributed by atoms with Gasteiger partial charge in [0, 0.05) is 22.2 Å². The molecule has 0 aliphatic carbocycles. The summed E-state index contributed by atoms with van der Waals surface area (Å²) in [7, 11) is 0. The second kappa shape index (κ2) is 7.82. The monoisotopic (exact) mass is 414 g/mol. The molecule has 2 aromatic rings. The largest absolute Gasteiger partial charge is 0.327 e. The Hall–Kier alpha value is -1.82. The summed E-state index contributed by atoms with van der Waals surface area (Å²) in [5, 5.41) is 3.09. The molecule has 1 N–H and O–H groups in total. The van der Waals surface area contributed by atoms with Crippen molar-refractivity contribution < 1.29 is 14.0 Å². The fraction of sp³-hybridized carbons (Fsp3) is 0.222. The molecule has 1 aliphatic rings. The normalized spacial score (nSPS) is 16.6. The van der Waals surface area contributed by atoms with Crippen LogP contribution in [0, 0.1) is 5.82 Å². The Labute approximate surface area is 164 Å². The summed E-state index contributed by atoms with van der Waals surface area (Å²) in [6.45, 7) is 0.416. The van der Waals surface area contributed by atoms with Gasteiger partial charge in [-0.3, -0.25) is 9.59 Å². The highest BCUT2D eigenvalue weighted by atomic mass is 35.5. The molecule has 0 saturated carbocycles. The first-order valence-corrected chi connectivity index (χ1v) is 9.02. The maximum absolute atomic E-state index is 14.0. The number of anilines is 1. The first-order chi connectivity index (χ1) is 12.4. The van der Waals surface area contributed by atoms with E-state index in [0.29, 0.717) is 35.0 Å². The third kappa shape index (κ3) is 3.95. The summed E-state index contributed by atoms with van der Waals surface area (Å²) in [6, 6.07) is 8.15. The lowest BCUT2D eigenvalue weighted by atomic mass is 10.1. The Balaban J connectivity index is 1.80. The number of carbonyl (C=O) groups is 2. The number of benzene rings is 2. The molecule has 1 atom stereocenters. The molecule has 0 radical (unpaired) electrons. The van der Waals surface area contributed by atoms with Crippen LogP contribution in [0.5, 0.6) is 0 Å². The second-order valence-corrected chi connectivity index (χ2v) is 7.19. The lowest BCUT2D eigenvalue weighted by Crippen LogP contribution is -2.43. The molecule has 26 heavy (non-hydrogen) atoms. The molecule has 1 saturated heterocycles. The van der Waals surface area contributed by atoms with Gasteiger partial charge in [-0.1, -0.05) is 40.9 Å². The number of rotatable bonds is 3. The molecule has 0 aromatic heterocycles. The van der Waals surface area contributed by atoms with Crippen molar-refractivity contribution in [1.29, 1.82) is 0 Å². The van der Waals surface area contributed by atoms with Crippen molar-refractivity contribution in [3.05, 3.63) is 62.8 Å². The molecule has 1 aliphatic heterocycles. The second-order valence-electron chi connectivity index (χ2n) is 5.91.